The maximum absolute atomic E-state index is 9.47. The van der Waals surface area contributed by atoms with Crippen molar-refractivity contribution in [3.05, 3.63) is 76.9 Å². The van der Waals surface area contributed by atoms with Gasteiger partial charge in [-0.1, -0.05) is 41.6 Å². The van der Waals surface area contributed by atoms with Crippen molar-refractivity contribution < 1.29 is 9.63 Å². The molecule has 3 aromatic rings. The number of aromatic nitrogens is 2. The van der Waals surface area contributed by atoms with Crippen LogP contribution in [0.5, 0.6) is 5.75 Å². The molecule has 2 aromatic carbocycles. The summed E-state index contributed by atoms with van der Waals surface area (Å²) in [5, 5.41) is 13.6. The molecule has 4 nitrogen and oxygen atoms in total. The van der Waals surface area contributed by atoms with Gasteiger partial charge >= 0.3 is 0 Å². The smallest absolute Gasteiger partial charge is 0.231 e. The van der Waals surface area contributed by atoms with Crippen molar-refractivity contribution in [2.24, 2.45) is 0 Å². The van der Waals surface area contributed by atoms with E-state index in [-0.39, 0.29) is 11.7 Å². The Morgan fingerprint density at radius 3 is 2.90 bits per heavy atom. The molecule has 21 heavy (non-hydrogen) atoms. The summed E-state index contributed by atoms with van der Waals surface area (Å²) in [6.45, 7) is 0. The van der Waals surface area contributed by atoms with E-state index in [1.165, 1.54) is 11.1 Å². The quantitative estimate of drug-likeness (QED) is 0.800. The number of aromatic hydroxyl groups is 1. The van der Waals surface area contributed by atoms with E-state index in [2.05, 4.69) is 28.3 Å². The number of hydrogen-bond acceptors (Lipinski definition) is 4. The second-order valence-electron chi connectivity index (χ2n) is 5.35. The van der Waals surface area contributed by atoms with Gasteiger partial charge < -0.3 is 9.63 Å². The van der Waals surface area contributed by atoms with Crippen LogP contribution in [0.4, 0.5) is 0 Å². The lowest BCUT2D eigenvalue weighted by Crippen LogP contribution is -2.19. The third-order valence-corrected chi connectivity index (χ3v) is 3.92. The van der Waals surface area contributed by atoms with Gasteiger partial charge in [0, 0.05) is 0 Å². The molecule has 4 heteroatoms. The van der Waals surface area contributed by atoms with Crippen LogP contribution in [0.25, 0.3) is 0 Å². The molecule has 1 aliphatic rings. The predicted molar refractivity (Wildman–Crippen MR) is 77.2 cm³/mol. The number of phenols is 1. The third kappa shape index (κ3) is 2.18. The second-order valence-corrected chi connectivity index (χ2v) is 5.35. The average Bonchev–Trinajstić information content (AvgIpc) is 2.88. The Labute approximate surface area is 122 Å². The Morgan fingerprint density at radius 2 is 2.05 bits per heavy atom. The van der Waals surface area contributed by atoms with Gasteiger partial charge in [0.05, 0.1) is 12.3 Å². The molecule has 4 rings (SSSR count). The molecule has 1 atom stereocenters. The number of benzene rings is 2. The normalized spacial score (nSPS) is 16.3. The number of nitrogens with zero attached hydrogens (tertiary/aromatic N) is 2. The van der Waals surface area contributed by atoms with E-state index in [9.17, 15) is 5.11 Å². The molecule has 0 aliphatic heterocycles. The highest BCUT2D eigenvalue weighted by molar-refractivity contribution is 5.43. The van der Waals surface area contributed by atoms with Crippen molar-refractivity contribution in [1.29, 1.82) is 0 Å². The predicted octanol–water partition coefficient (Wildman–Crippen LogP) is 3.05. The van der Waals surface area contributed by atoms with Crippen molar-refractivity contribution in [2.75, 3.05) is 0 Å². The summed E-state index contributed by atoms with van der Waals surface area (Å²) in [6, 6.07) is 15.5. The highest BCUT2D eigenvalue weighted by Gasteiger charge is 2.30. The van der Waals surface area contributed by atoms with Crippen molar-refractivity contribution in [2.45, 2.75) is 18.8 Å². The van der Waals surface area contributed by atoms with E-state index in [4.69, 9.17) is 4.52 Å². The van der Waals surface area contributed by atoms with Crippen LogP contribution in [0.2, 0.25) is 0 Å². The fourth-order valence-corrected chi connectivity index (χ4v) is 2.81. The Hall–Kier alpha value is -2.62. The molecule has 1 heterocycles. The lowest BCUT2D eigenvalue weighted by molar-refractivity contribution is 0.375. The molecule has 104 valence electrons. The van der Waals surface area contributed by atoms with Crippen LogP contribution in [0, 0.1) is 0 Å². The number of hydrogen-bond donors (Lipinski definition) is 1. The fourth-order valence-electron chi connectivity index (χ4n) is 2.81. The summed E-state index contributed by atoms with van der Waals surface area (Å²) in [6.07, 6.45) is 1.51. The molecule has 0 saturated carbocycles. The van der Waals surface area contributed by atoms with Gasteiger partial charge in [0.2, 0.25) is 5.89 Å². The zero-order valence-electron chi connectivity index (χ0n) is 11.4. The van der Waals surface area contributed by atoms with Crippen LogP contribution in [-0.4, -0.2) is 15.2 Å². The van der Waals surface area contributed by atoms with E-state index in [1.807, 2.05) is 18.2 Å². The molecule has 1 aliphatic carbocycles. The van der Waals surface area contributed by atoms with Crippen LogP contribution < -0.4 is 0 Å². The van der Waals surface area contributed by atoms with Crippen molar-refractivity contribution in [3.63, 3.8) is 0 Å². The molecule has 1 unspecified atom stereocenters. The largest absolute Gasteiger partial charge is 0.508 e. The van der Waals surface area contributed by atoms with E-state index < -0.39 is 0 Å². The van der Waals surface area contributed by atoms with Crippen LogP contribution in [0.1, 0.15) is 34.3 Å². The van der Waals surface area contributed by atoms with E-state index >= 15 is 0 Å². The van der Waals surface area contributed by atoms with E-state index in [0.29, 0.717) is 12.3 Å². The molecule has 0 amide bonds. The van der Waals surface area contributed by atoms with Gasteiger partial charge in [-0.15, -0.1) is 0 Å². The minimum atomic E-state index is 0.250. The maximum Gasteiger partial charge on any atom is 0.231 e. The Morgan fingerprint density at radius 1 is 1.14 bits per heavy atom. The van der Waals surface area contributed by atoms with Crippen molar-refractivity contribution >= 4 is 0 Å². The van der Waals surface area contributed by atoms with Crippen LogP contribution in [0.3, 0.4) is 0 Å². The lowest BCUT2D eigenvalue weighted by atomic mass is 9.77. The zero-order valence-corrected chi connectivity index (χ0v) is 11.4. The summed E-state index contributed by atoms with van der Waals surface area (Å²) in [4.78, 5) is 4.50. The summed E-state index contributed by atoms with van der Waals surface area (Å²) < 4.78 is 5.34. The molecule has 1 aromatic heterocycles. The summed E-state index contributed by atoms with van der Waals surface area (Å²) >= 11 is 0. The van der Waals surface area contributed by atoms with Gasteiger partial charge in [-0.25, -0.2) is 0 Å². The lowest BCUT2D eigenvalue weighted by Gasteiger charge is -2.27. The molecule has 0 fully saturated rings. The number of phenolic OH excluding ortho intramolecular Hbond substituents is 1. The van der Waals surface area contributed by atoms with E-state index in [0.717, 1.165) is 17.8 Å². The summed E-state index contributed by atoms with van der Waals surface area (Å²) in [7, 11) is 0. The summed E-state index contributed by atoms with van der Waals surface area (Å²) in [5.41, 5.74) is 3.61. The van der Waals surface area contributed by atoms with Gasteiger partial charge in [0.15, 0.2) is 5.82 Å². The average molecular weight is 278 g/mol. The monoisotopic (exact) mass is 278 g/mol. The first-order valence-electron chi connectivity index (χ1n) is 6.98. The molecular weight excluding hydrogens is 264 g/mol. The minimum Gasteiger partial charge on any atom is -0.508 e. The van der Waals surface area contributed by atoms with Crippen LogP contribution in [-0.2, 0) is 12.8 Å². The maximum atomic E-state index is 9.47. The zero-order chi connectivity index (χ0) is 14.2. The van der Waals surface area contributed by atoms with Gasteiger partial charge in [0.25, 0.3) is 0 Å². The minimum absolute atomic E-state index is 0.250. The van der Waals surface area contributed by atoms with E-state index in [1.54, 1.807) is 12.1 Å². The molecule has 1 N–H and O–H groups in total. The Kier molecular flexibility index (Phi) is 2.74. The number of rotatable bonds is 3. The number of fused-ring (bicyclic) bond motifs is 1. The van der Waals surface area contributed by atoms with Crippen LogP contribution in [0.15, 0.2) is 53.1 Å². The fraction of sp³-hybridized carbons (Fsp3) is 0.176. The van der Waals surface area contributed by atoms with Gasteiger partial charge in [0.1, 0.15) is 5.75 Å². The SMILES string of the molecule is Oc1cccc(Cc2nc(C3Cc4ccccc43)no2)c1. The Balaban J connectivity index is 1.55. The van der Waals surface area contributed by atoms with Crippen molar-refractivity contribution in [3.8, 4) is 5.75 Å². The molecule has 0 radical (unpaired) electrons. The second kappa shape index (κ2) is 4.74. The first-order chi connectivity index (χ1) is 10.3. The summed E-state index contributed by atoms with van der Waals surface area (Å²) in [5.74, 6) is 1.84. The molecular formula is C17H14N2O2. The Bertz CT molecular complexity index is 795. The topological polar surface area (TPSA) is 59.2 Å². The van der Waals surface area contributed by atoms with Gasteiger partial charge in [-0.2, -0.15) is 4.98 Å². The first kappa shape index (κ1) is 12.1. The molecule has 0 spiro atoms. The van der Waals surface area contributed by atoms with Gasteiger partial charge in [-0.05, 0) is 35.2 Å². The van der Waals surface area contributed by atoms with Crippen LogP contribution >= 0.6 is 0 Å². The molecule has 0 bridgehead atoms. The first-order valence-corrected chi connectivity index (χ1v) is 6.98. The highest BCUT2D eigenvalue weighted by atomic mass is 16.5. The molecule has 0 saturated heterocycles. The standard InChI is InChI=1S/C17H14N2O2/c20-13-6-3-4-11(8-13)9-16-18-17(19-21-16)15-10-12-5-1-2-7-14(12)15/h1-8,15,20H,9-10H2. The highest BCUT2D eigenvalue weighted by Crippen LogP contribution is 2.38. The third-order valence-electron chi connectivity index (χ3n) is 3.92. The van der Waals surface area contributed by atoms with Crippen molar-refractivity contribution in [1.82, 2.24) is 10.1 Å². The van der Waals surface area contributed by atoms with Gasteiger partial charge in [-0.3, -0.25) is 0 Å².